The fourth-order valence-corrected chi connectivity index (χ4v) is 3.49. The number of carbonyl (C=O) groups is 1. The average Bonchev–Trinajstić information content (AvgIpc) is 2.65. The van der Waals surface area contributed by atoms with Crippen molar-refractivity contribution in [2.75, 3.05) is 7.11 Å². The van der Waals surface area contributed by atoms with Crippen LogP contribution in [-0.4, -0.2) is 29.0 Å². The molecule has 1 aromatic carbocycles. The lowest BCUT2D eigenvalue weighted by molar-refractivity contribution is -0.139. The molecule has 0 spiro atoms. The third-order valence-electron chi connectivity index (χ3n) is 3.08. The normalized spacial score (nSPS) is 25.9. The van der Waals surface area contributed by atoms with Gasteiger partial charge in [-0.2, -0.15) is 0 Å². The van der Waals surface area contributed by atoms with Gasteiger partial charge in [0.15, 0.2) is 0 Å². The van der Waals surface area contributed by atoms with E-state index in [4.69, 9.17) is 4.74 Å². The van der Waals surface area contributed by atoms with Crippen LogP contribution in [0, 0.1) is 0 Å². The van der Waals surface area contributed by atoms with Crippen LogP contribution in [0.15, 0.2) is 24.3 Å². The van der Waals surface area contributed by atoms with Gasteiger partial charge in [-0.15, -0.1) is 11.8 Å². The maximum absolute atomic E-state index is 11.2. The molecule has 4 nitrogen and oxygen atoms in total. The summed E-state index contributed by atoms with van der Waals surface area (Å²) in [7, 11) is 1.62. The van der Waals surface area contributed by atoms with Gasteiger partial charge in [-0.1, -0.05) is 12.1 Å². The second-order valence-corrected chi connectivity index (χ2v) is 6.58. The molecule has 0 amide bonds. The van der Waals surface area contributed by atoms with E-state index >= 15 is 0 Å². The summed E-state index contributed by atoms with van der Waals surface area (Å²) in [6.07, 6.45) is 0. The largest absolute Gasteiger partial charge is 0.497 e. The Balaban J connectivity index is 2.23. The SMILES string of the molecule is COc1cccc(C2NC(C(=O)O)C(C)(C)S2)c1. The number of ether oxygens (including phenoxy) is 1. The molecule has 1 saturated heterocycles. The van der Waals surface area contributed by atoms with Crippen LogP contribution in [0.3, 0.4) is 0 Å². The van der Waals surface area contributed by atoms with Gasteiger partial charge in [0, 0.05) is 4.75 Å². The molecule has 1 aromatic rings. The molecule has 1 fully saturated rings. The highest BCUT2D eigenvalue weighted by atomic mass is 32.2. The second-order valence-electron chi connectivity index (χ2n) is 4.82. The lowest BCUT2D eigenvalue weighted by Gasteiger charge is -2.20. The van der Waals surface area contributed by atoms with Crippen molar-refractivity contribution in [3.63, 3.8) is 0 Å². The molecule has 2 N–H and O–H groups in total. The summed E-state index contributed by atoms with van der Waals surface area (Å²) in [5.74, 6) is -0.0237. The molecule has 1 heterocycles. The van der Waals surface area contributed by atoms with Crippen molar-refractivity contribution >= 4 is 17.7 Å². The first-order chi connectivity index (χ1) is 8.44. The third kappa shape index (κ3) is 2.47. The van der Waals surface area contributed by atoms with E-state index in [1.807, 2.05) is 38.1 Å². The minimum absolute atomic E-state index is 0.0174. The van der Waals surface area contributed by atoms with Crippen molar-refractivity contribution in [2.45, 2.75) is 30.0 Å². The van der Waals surface area contributed by atoms with Crippen LogP contribution in [0.4, 0.5) is 0 Å². The predicted molar refractivity (Wildman–Crippen MR) is 72.0 cm³/mol. The van der Waals surface area contributed by atoms with Crippen LogP contribution in [0.25, 0.3) is 0 Å². The van der Waals surface area contributed by atoms with E-state index < -0.39 is 12.0 Å². The van der Waals surface area contributed by atoms with Gasteiger partial charge in [0.25, 0.3) is 0 Å². The van der Waals surface area contributed by atoms with Gasteiger partial charge in [0.2, 0.25) is 0 Å². The van der Waals surface area contributed by atoms with Crippen molar-refractivity contribution in [1.82, 2.24) is 5.32 Å². The molecule has 5 heteroatoms. The molecule has 2 rings (SSSR count). The predicted octanol–water partition coefficient (Wildman–Crippen LogP) is 2.26. The summed E-state index contributed by atoms with van der Waals surface area (Å²) in [6.45, 7) is 3.90. The standard InChI is InChI=1S/C13H17NO3S/c1-13(2)10(12(15)16)14-11(18-13)8-5-4-6-9(7-8)17-3/h4-7,10-11,14H,1-3H3,(H,15,16). The zero-order valence-electron chi connectivity index (χ0n) is 10.6. The number of hydrogen-bond acceptors (Lipinski definition) is 4. The van der Waals surface area contributed by atoms with E-state index in [1.54, 1.807) is 18.9 Å². The summed E-state index contributed by atoms with van der Waals surface area (Å²) in [5, 5.41) is 12.4. The van der Waals surface area contributed by atoms with Crippen molar-refractivity contribution in [3.05, 3.63) is 29.8 Å². The number of nitrogens with one attached hydrogen (secondary N) is 1. The van der Waals surface area contributed by atoms with Gasteiger partial charge in [-0.3, -0.25) is 10.1 Å². The van der Waals surface area contributed by atoms with E-state index in [0.717, 1.165) is 11.3 Å². The highest BCUT2D eigenvalue weighted by molar-refractivity contribution is 8.01. The first-order valence-electron chi connectivity index (χ1n) is 5.74. The summed E-state index contributed by atoms with van der Waals surface area (Å²) in [6, 6.07) is 7.16. The van der Waals surface area contributed by atoms with Gasteiger partial charge >= 0.3 is 5.97 Å². The zero-order chi connectivity index (χ0) is 13.3. The fraction of sp³-hybridized carbons (Fsp3) is 0.462. The molecule has 1 aliphatic heterocycles. The Morgan fingerprint density at radius 1 is 1.50 bits per heavy atom. The monoisotopic (exact) mass is 267 g/mol. The molecule has 18 heavy (non-hydrogen) atoms. The van der Waals surface area contributed by atoms with E-state index in [1.165, 1.54) is 0 Å². The van der Waals surface area contributed by atoms with E-state index in [9.17, 15) is 9.90 Å². The number of rotatable bonds is 3. The first kappa shape index (κ1) is 13.2. The van der Waals surface area contributed by atoms with Crippen molar-refractivity contribution in [1.29, 1.82) is 0 Å². The minimum atomic E-state index is -0.808. The lowest BCUT2D eigenvalue weighted by atomic mass is 10.0. The number of benzene rings is 1. The van der Waals surface area contributed by atoms with Crippen molar-refractivity contribution in [2.24, 2.45) is 0 Å². The number of carboxylic acids is 1. The van der Waals surface area contributed by atoms with Gasteiger partial charge in [0.05, 0.1) is 12.5 Å². The number of hydrogen-bond donors (Lipinski definition) is 2. The minimum Gasteiger partial charge on any atom is -0.497 e. The second kappa shape index (κ2) is 4.82. The number of aliphatic carboxylic acids is 1. The Hall–Kier alpha value is -1.20. The third-order valence-corrected chi connectivity index (χ3v) is 4.57. The quantitative estimate of drug-likeness (QED) is 0.879. The molecule has 0 aliphatic carbocycles. The maximum Gasteiger partial charge on any atom is 0.322 e. The van der Waals surface area contributed by atoms with Gasteiger partial charge in [0.1, 0.15) is 11.8 Å². The number of methoxy groups -OCH3 is 1. The molecule has 2 atom stereocenters. The molecule has 0 radical (unpaired) electrons. The van der Waals surface area contributed by atoms with Crippen LogP contribution >= 0.6 is 11.8 Å². The molecule has 2 unspecified atom stereocenters. The summed E-state index contributed by atoms with van der Waals surface area (Å²) >= 11 is 1.63. The maximum atomic E-state index is 11.2. The molecule has 1 aliphatic rings. The molecular formula is C13H17NO3S. The van der Waals surface area contributed by atoms with E-state index in [2.05, 4.69) is 5.32 Å². The highest BCUT2D eigenvalue weighted by Gasteiger charge is 2.45. The van der Waals surface area contributed by atoms with Crippen LogP contribution in [0.5, 0.6) is 5.75 Å². The lowest BCUT2D eigenvalue weighted by Crippen LogP contribution is -2.43. The van der Waals surface area contributed by atoms with Crippen LogP contribution in [0.1, 0.15) is 24.8 Å². The van der Waals surface area contributed by atoms with E-state index in [-0.39, 0.29) is 10.1 Å². The topological polar surface area (TPSA) is 58.6 Å². The number of thioether (sulfide) groups is 1. The van der Waals surface area contributed by atoms with Crippen molar-refractivity contribution < 1.29 is 14.6 Å². The Morgan fingerprint density at radius 2 is 2.22 bits per heavy atom. The average molecular weight is 267 g/mol. The van der Waals surface area contributed by atoms with Crippen LogP contribution in [-0.2, 0) is 4.79 Å². The summed E-state index contributed by atoms with van der Waals surface area (Å²) in [4.78, 5) is 11.2. The highest BCUT2D eigenvalue weighted by Crippen LogP contribution is 2.46. The van der Waals surface area contributed by atoms with Gasteiger partial charge in [-0.05, 0) is 31.5 Å². The molecular weight excluding hydrogens is 250 g/mol. The summed E-state index contributed by atoms with van der Waals surface area (Å²) < 4.78 is 4.85. The fourth-order valence-electron chi connectivity index (χ4n) is 2.10. The van der Waals surface area contributed by atoms with E-state index in [0.29, 0.717) is 0 Å². The Morgan fingerprint density at radius 3 is 2.78 bits per heavy atom. The zero-order valence-corrected chi connectivity index (χ0v) is 11.5. The van der Waals surface area contributed by atoms with Crippen molar-refractivity contribution in [3.8, 4) is 5.75 Å². The van der Waals surface area contributed by atoms with Gasteiger partial charge < -0.3 is 9.84 Å². The Kier molecular flexibility index (Phi) is 3.54. The molecule has 98 valence electrons. The van der Waals surface area contributed by atoms with Crippen LogP contribution in [0.2, 0.25) is 0 Å². The molecule has 0 aromatic heterocycles. The van der Waals surface area contributed by atoms with Crippen LogP contribution < -0.4 is 10.1 Å². The Bertz CT molecular complexity index is 461. The molecule has 0 bridgehead atoms. The molecule has 0 saturated carbocycles. The smallest absolute Gasteiger partial charge is 0.322 e. The first-order valence-corrected chi connectivity index (χ1v) is 6.62. The summed E-state index contributed by atoms with van der Waals surface area (Å²) in [5.41, 5.74) is 1.04. The number of carboxylic acid groups (broad SMARTS) is 1. The van der Waals surface area contributed by atoms with Gasteiger partial charge in [-0.25, -0.2) is 0 Å². The Labute approximate surface area is 111 Å².